The monoisotopic (exact) mass is 331 g/mol. The van der Waals surface area contributed by atoms with Gasteiger partial charge in [-0.15, -0.1) is 11.8 Å². The molecule has 1 saturated heterocycles. The fourth-order valence-electron chi connectivity index (χ4n) is 3.16. The van der Waals surface area contributed by atoms with Gasteiger partial charge in [0.25, 0.3) is 0 Å². The van der Waals surface area contributed by atoms with Gasteiger partial charge in [0.15, 0.2) is 5.12 Å². The molecule has 0 spiro atoms. The summed E-state index contributed by atoms with van der Waals surface area (Å²) in [6.07, 6.45) is 2.52. The Morgan fingerprint density at radius 1 is 1.29 bits per heavy atom. The van der Waals surface area contributed by atoms with E-state index < -0.39 is 16.8 Å². The summed E-state index contributed by atoms with van der Waals surface area (Å²) < 4.78 is -0.483. The summed E-state index contributed by atoms with van der Waals surface area (Å²) in [5, 5.41) is 9.47. The van der Waals surface area contributed by atoms with E-state index in [1.807, 2.05) is 13.8 Å². The van der Waals surface area contributed by atoms with Crippen LogP contribution in [0.5, 0.6) is 0 Å². The molecule has 3 atom stereocenters. The van der Waals surface area contributed by atoms with Crippen molar-refractivity contribution in [3.63, 3.8) is 0 Å². The van der Waals surface area contributed by atoms with E-state index in [1.165, 1.54) is 35.3 Å². The van der Waals surface area contributed by atoms with Crippen molar-refractivity contribution in [3.8, 4) is 0 Å². The van der Waals surface area contributed by atoms with E-state index in [0.717, 1.165) is 19.3 Å². The second kappa shape index (κ2) is 6.20. The second-order valence-electron chi connectivity index (χ2n) is 6.11. The third-order valence-corrected chi connectivity index (χ3v) is 6.72. The molecule has 1 N–H and O–H groups in total. The van der Waals surface area contributed by atoms with Crippen LogP contribution in [0.2, 0.25) is 0 Å². The van der Waals surface area contributed by atoms with Crippen LogP contribution < -0.4 is 0 Å². The van der Waals surface area contributed by atoms with E-state index in [-0.39, 0.29) is 22.2 Å². The smallest absolute Gasteiger partial charge is 0.327 e. The molecule has 118 valence electrons. The number of nitrogens with zero attached hydrogens (tertiary/aromatic N) is 1. The van der Waals surface area contributed by atoms with E-state index in [0.29, 0.717) is 5.88 Å². The zero-order valence-corrected chi connectivity index (χ0v) is 14.1. The first-order valence-electron chi connectivity index (χ1n) is 7.08. The standard InChI is InChI=1S/C14H21NO4S2/c1-8(16)21-10-6-4-5-9(10)12(17)15-7-20-14(2,3)11(15)13(18)19/h9-11H,4-7H2,1-3H3,(H,18,19)/t9-,10-,11+/m1/s1. The zero-order chi connectivity index (χ0) is 15.8. The van der Waals surface area contributed by atoms with Crippen molar-refractivity contribution < 1.29 is 19.5 Å². The SMILES string of the molecule is CC(=O)S[C@@H]1CCC[C@H]1C(=O)N1CSC(C)(C)[C@@H]1C(=O)O. The molecule has 2 fully saturated rings. The molecule has 1 aliphatic heterocycles. The third-order valence-electron chi connectivity index (χ3n) is 4.15. The minimum atomic E-state index is -0.952. The van der Waals surface area contributed by atoms with Crippen molar-refractivity contribution >= 4 is 40.5 Å². The van der Waals surface area contributed by atoms with Gasteiger partial charge in [0, 0.05) is 16.9 Å². The van der Waals surface area contributed by atoms with Crippen LogP contribution in [0.4, 0.5) is 0 Å². The van der Waals surface area contributed by atoms with Gasteiger partial charge in [-0.2, -0.15) is 0 Å². The molecule has 7 heteroatoms. The maximum Gasteiger partial charge on any atom is 0.327 e. The minimum absolute atomic E-state index is 0.00171. The fourth-order valence-corrected chi connectivity index (χ4v) is 5.42. The molecule has 0 aromatic carbocycles. The van der Waals surface area contributed by atoms with Crippen molar-refractivity contribution in [3.05, 3.63) is 0 Å². The number of carboxylic acid groups (broad SMARTS) is 1. The Morgan fingerprint density at radius 2 is 1.95 bits per heavy atom. The Labute approximate surface area is 133 Å². The highest BCUT2D eigenvalue weighted by molar-refractivity contribution is 8.14. The summed E-state index contributed by atoms with van der Waals surface area (Å²) in [6.45, 7) is 5.24. The van der Waals surface area contributed by atoms with E-state index in [4.69, 9.17) is 0 Å². The fraction of sp³-hybridized carbons (Fsp3) is 0.786. The first kappa shape index (κ1) is 16.7. The average molecular weight is 331 g/mol. The highest BCUT2D eigenvalue weighted by Crippen LogP contribution is 2.43. The topological polar surface area (TPSA) is 74.7 Å². The molecular weight excluding hydrogens is 310 g/mol. The number of hydrogen-bond donors (Lipinski definition) is 1. The minimum Gasteiger partial charge on any atom is -0.480 e. The highest BCUT2D eigenvalue weighted by Gasteiger charge is 2.50. The van der Waals surface area contributed by atoms with E-state index in [1.54, 1.807) is 0 Å². The van der Waals surface area contributed by atoms with Gasteiger partial charge in [-0.1, -0.05) is 18.2 Å². The molecule has 1 heterocycles. The zero-order valence-electron chi connectivity index (χ0n) is 12.5. The summed E-state index contributed by atoms with van der Waals surface area (Å²) in [5.74, 6) is -0.865. The first-order chi connectivity index (χ1) is 9.74. The lowest BCUT2D eigenvalue weighted by atomic mass is 9.99. The van der Waals surface area contributed by atoms with Crippen LogP contribution in [0.25, 0.3) is 0 Å². The number of amides is 1. The molecule has 1 aliphatic carbocycles. The van der Waals surface area contributed by atoms with Crippen molar-refractivity contribution in [2.24, 2.45) is 5.92 Å². The Kier molecular flexibility index (Phi) is 4.92. The largest absolute Gasteiger partial charge is 0.480 e. The van der Waals surface area contributed by atoms with Crippen molar-refractivity contribution in [2.75, 3.05) is 5.88 Å². The lowest BCUT2D eigenvalue weighted by Crippen LogP contribution is -2.51. The predicted octanol–water partition coefficient (Wildman–Crippen LogP) is 2.20. The number of aliphatic carboxylic acids is 1. The maximum atomic E-state index is 12.8. The molecule has 1 saturated carbocycles. The van der Waals surface area contributed by atoms with Crippen molar-refractivity contribution in [1.82, 2.24) is 4.90 Å². The molecule has 0 aromatic heterocycles. The van der Waals surface area contributed by atoms with Crippen LogP contribution in [0.1, 0.15) is 40.0 Å². The molecule has 1 amide bonds. The van der Waals surface area contributed by atoms with Gasteiger partial charge in [-0.05, 0) is 26.7 Å². The first-order valence-corrected chi connectivity index (χ1v) is 8.95. The number of carbonyl (C=O) groups excluding carboxylic acids is 2. The van der Waals surface area contributed by atoms with Gasteiger partial charge < -0.3 is 10.0 Å². The Bertz CT molecular complexity index is 466. The van der Waals surface area contributed by atoms with Crippen LogP contribution in [-0.4, -0.2) is 48.9 Å². The normalized spacial score (nSPS) is 31.4. The van der Waals surface area contributed by atoms with Crippen LogP contribution >= 0.6 is 23.5 Å². The van der Waals surface area contributed by atoms with Crippen LogP contribution in [0, 0.1) is 5.92 Å². The Morgan fingerprint density at radius 3 is 2.52 bits per heavy atom. The maximum absolute atomic E-state index is 12.8. The number of carbonyl (C=O) groups is 3. The molecular formula is C14H21NO4S2. The van der Waals surface area contributed by atoms with Gasteiger partial charge in [-0.3, -0.25) is 9.59 Å². The molecule has 21 heavy (non-hydrogen) atoms. The highest BCUT2D eigenvalue weighted by atomic mass is 32.2. The summed E-state index contributed by atoms with van der Waals surface area (Å²) >= 11 is 2.72. The lowest BCUT2D eigenvalue weighted by Gasteiger charge is -2.30. The molecule has 0 bridgehead atoms. The molecule has 2 aliphatic rings. The van der Waals surface area contributed by atoms with Crippen LogP contribution in [0.15, 0.2) is 0 Å². The van der Waals surface area contributed by atoms with Gasteiger partial charge in [-0.25, -0.2) is 4.79 Å². The number of hydrogen-bond acceptors (Lipinski definition) is 5. The summed E-state index contributed by atoms with van der Waals surface area (Å²) in [6, 6.07) is -0.793. The molecule has 0 unspecified atom stereocenters. The van der Waals surface area contributed by atoms with E-state index >= 15 is 0 Å². The third kappa shape index (κ3) is 3.39. The number of rotatable bonds is 3. The van der Waals surface area contributed by atoms with Crippen molar-refractivity contribution in [1.29, 1.82) is 0 Å². The van der Waals surface area contributed by atoms with E-state index in [2.05, 4.69) is 0 Å². The van der Waals surface area contributed by atoms with E-state index in [9.17, 15) is 19.5 Å². The van der Waals surface area contributed by atoms with Gasteiger partial charge in [0.05, 0.1) is 11.8 Å². The van der Waals surface area contributed by atoms with Crippen molar-refractivity contribution in [2.45, 2.75) is 56.1 Å². The Hall–Kier alpha value is -0.690. The summed E-state index contributed by atoms with van der Waals surface area (Å²) in [7, 11) is 0. The van der Waals surface area contributed by atoms with Gasteiger partial charge >= 0.3 is 5.97 Å². The average Bonchev–Trinajstić information content (AvgIpc) is 2.91. The summed E-state index contributed by atoms with van der Waals surface area (Å²) in [5.41, 5.74) is 0. The molecule has 0 aromatic rings. The second-order valence-corrected chi connectivity index (χ2v) is 9.13. The molecule has 5 nitrogen and oxygen atoms in total. The van der Waals surface area contributed by atoms with Gasteiger partial charge in [0.2, 0.25) is 5.91 Å². The number of carboxylic acids is 1. The van der Waals surface area contributed by atoms with Crippen LogP contribution in [-0.2, 0) is 14.4 Å². The predicted molar refractivity (Wildman–Crippen MR) is 84.2 cm³/mol. The molecule has 2 rings (SSSR count). The lowest BCUT2D eigenvalue weighted by molar-refractivity contribution is -0.151. The number of thioether (sulfide) groups is 2. The summed E-state index contributed by atoms with van der Waals surface area (Å²) in [4.78, 5) is 37.1. The van der Waals surface area contributed by atoms with Crippen LogP contribution in [0.3, 0.4) is 0 Å². The van der Waals surface area contributed by atoms with Gasteiger partial charge in [0.1, 0.15) is 6.04 Å². The quantitative estimate of drug-likeness (QED) is 0.854. The molecule has 0 radical (unpaired) electrons. The Balaban J connectivity index is 2.15.